The highest BCUT2D eigenvalue weighted by molar-refractivity contribution is 5.77. The van der Waals surface area contributed by atoms with Gasteiger partial charge in [-0.15, -0.1) is 0 Å². The van der Waals surface area contributed by atoms with E-state index < -0.39 is 5.60 Å². The van der Waals surface area contributed by atoms with E-state index in [1.165, 1.54) is 0 Å². The topological polar surface area (TPSA) is 79.4 Å². The van der Waals surface area contributed by atoms with Crippen molar-refractivity contribution >= 4 is 11.7 Å². The molecule has 2 aliphatic rings. The number of carbonyl (C=O) groups is 1. The molecular formula is C36H38N2O6. The van der Waals surface area contributed by atoms with Crippen LogP contribution in [0, 0.1) is 0 Å². The van der Waals surface area contributed by atoms with Crippen LogP contribution < -0.4 is 19.1 Å². The van der Waals surface area contributed by atoms with Crippen LogP contribution in [0.4, 0.5) is 5.69 Å². The molecule has 2 aliphatic heterocycles. The summed E-state index contributed by atoms with van der Waals surface area (Å²) in [6, 6.07) is 23.9. The number of hydrogen-bond donors (Lipinski definition) is 0. The zero-order valence-corrected chi connectivity index (χ0v) is 25.7. The molecular weight excluding hydrogens is 556 g/mol. The average Bonchev–Trinajstić information content (AvgIpc) is 3.02. The third-order valence-corrected chi connectivity index (χ3v) is 7.65. The molecule has 0 saturated carbocycles. The van der Waals surface area contributed by atoms with E-state index in [1.807, 2.05) is 81.4 Å². The van der Waals surface area contributed by atoms with Crippen molar-refractivity contribution < 1.29 is 28.5 Å². The summed E-state index contributed by atoms with van der Waals surface area (Å²) in [4.78, 5) is 19.9. The van der Waals surface area contributed by atoms with E-state index in [4.69, 9.17) is 28.7 Å². The molecule has 44 heavy (non-hydrogen) atoms. The SMILES string of the molecule is COc1ccc(COc2cc(N3CCOCC3)cc(-c3cccc4c3Oc3cccc(CC(=O)OC(C)(C)C)c3C4)n2)cc1. The number of rotatable bonds is 8. The van der Waals surface area contributed by atoms with Gasteiger partial charge in [0.1, 0.15) is 29.5 Å². The molecule has 8 heteroatoms. The quantitative estimate of drug-likeness (QED) is 0.183. The summed E-state index contributed by atoms with van der Waals surface area (Å²) in [5, 5.41) is 0. The summed E-state index contributed by atoms with van der Waals surface area (Å²) in [6.45, 7) is 8.94. The van der Waals surface area contributed by atoms with Gasteiger partial charge >= 0.3 is 5.97 Å². The minimum atomic E-state index is -0.538. The summed E-state index contributed by atoms with van der Waals surface area (Å²) in [5.41, 5.74) is 6.10. The molecule has 1 aromatic heterocycles. The lowest BCUT2D eigenvalue weighted by Crippen LogP contribution is -2.36. The number of hydrogen-bond acceptors (Lipinski definition) is 8. The Labute approximate surface area is 258 Å². The van der Waals surface area contributed by atoms with E-state index in [-0.39, 0.29) is 12.4 Å². The Hall–Kier alpha value is -4.56. The number of methoxy groups -OCH3 is 1. The first-order valence-electron chi connectivity index (χ1n) is 15.0. The first-order valence-corrected chi connectivity index (χ1v) is 15.0. The maximum atomic E-state index is 12.7. The third-order valence-electron chi connectivity index (χ3n) is 7.65. The van der Waals surface area contributed by atoms with E-state index >= 15 is 0 Å². The Balaban J connectivity index is 1.31. The highest BCUT2D eigenvalue weighted by Crippen LogP contribution is 2.44. The molecule has 1 fully saturated rings. The zero-order chi connectivity index (χ0) is 30.7. The van der Waals surface area contributed by atoms with E-state index in [0.717, 1.165) is 69.5 Å². The molecule has 3 heterocycles. The maximum absolute atomic E-state index is 12.7. The molecule has 3 aromatic carbocycles. The predicted octanol–water partition coefficient (Wildman–Crippen LogP) is 6.75. The Kier molecular flexibility index (Phi) is 8.44. The molecule has 0 radical (unpaired) electrons. The number of fused-ring (bicyclic) bond motifs is 2. The van der Waals surface area contributed by atoms with Crippen LogP contribution in [-0.4, -0.2) is 50.0 Å². The van der Waals surface area contributed by atoms with Crippen molar-refractivity contribution in [3.8, 4) is 34.4 Å². The average molecular weight is 595 g/mol. The summed E-state index contributed by atoms with van der Waals surface area (Å²) < 4.78 is 29.3. The molecule has 0 spiro atoms. The van der Waals surface area contributed by atoms with Crippen molar-refractivity contribution in [2.45, 2.75) is 45.8 Å². The number of para-hydroxylation sites is 1. The third kappa shape index (κ3) is 6.81. The number of ether oxygens (including phenoxy) is 5. The lowest BCUT2D eigenvalue weighted by Gasteiger charge is -2.29. The molecule has 0 amide bonds. The van der Waals surface area contributed by atoms with Gasteiger partial charge in [0, 0.05) is 48.0 Å². The van der Waals surface area contributed by atoms with Gasteiger partial charge in [-0.05, 0) is 62.2 Å². The van der Waals surface area contributed by atoms with E-state index in [9.17, 15) is 4.79 Å². The van der Waals surface area contributed by atoms with Crippen LogP contribution in [0.3, 0.4) is 0 Å². The van der Waals surface area contributed by atoms with Crippen LogP contribution in [-0.2, 0) is 33.7 Å². The Morgan fingerprint density at radius 3 is 2.50 bits per heavy atom. The molecule has 1 saturated heterocycles. The van der Waals surface area contributed by atoms with Crippen LogP contribution >= 0.6 is 0 Å². The number of aromatic nitrogens is 1. The molecule has 4 aromatic rings. The monoisotopic (exact) mass is 594 g/mol. The van der Waals surface area contributed by atoms with Gasteiger partial charge in [-0.2, -0.15) is 0 Å². The van der Waals surface area contributed by atoms with Crippen molar-refractivity contribution in [2.75, 3.05) is 38.3 Å². The Bertz CT molecular complexity index is 1640. The first kappa shape index (κ1) is 29.5. The number of esters is 1. The second-order valence-corrected chi connectivity index (χ2v) is 12.0. The van der Waals surface area contributed by atoms with Crippen molar-refractivity contribution in [3.05, 3.63) is 95.1 Å². The molecule has 0 bridgehead atoms. The number of morpholine rings is 1. The highest BCUT2D eigenvalue weighted by atomic mass is 16.6. The number of nitrogens with zero attached hydrogens (tertiary/aromatic N) is 2. The molecule has 0 unspecified atom stereocenters. The van der Waals surface area contributed by atoms with Crippen molar-refractivity contribution in [3.63, 3.8) is 0 Å². The fourth-order valence-corrected chi connectivity index (χ4v) is 5.54. The number of carbonyl (C=O) groups excluding carboxylic acids is 1. The van der Waals surface area contributed by atoms with E-state index in [2.05, 4.69) is 17.0 Å². The second-order valence-electron chi connectivity index (χ2n) is 12.0. The predicted molar refractivity (Wildman–Crippen MR) is 169 cm³/mol. The van der Waals surface area contributed by atoms with Crippen LogP contribution in [0.15, 0.2) is 72.8 Å². The lowest BCUT2D eigenvalue weighted by molar-refractivity contribution is -0.153. The summed E-state index contributed by atoms with van der Waals surface area (Å²) in [6.07, 6.45) is 0.832. The Morgan fingerprint density at radius 1 is 0.977 bits per heavy atom. The number of benzene rings is 3. The van der Waals surface area contributed by atoms with Crippen molar-refractivity contribution in [1.29, 1.82) is 0 Å². The fourth-order valence-electron chi connectivity index (χ4n) is 5.54. The fraction of sp³-hybridized carbons (Fsp3) is 0.333. The maximum Gasteiger partial charge on any atom is 0.310 e. The molecule has 8 nitrogen and oxygen atoms in total. The smallest absolute Gasteiger partial charge is 0.310 e. The summed E-state index contributed by atoms with van der Waals surface area (Å²) in [5.74, 6) is 2.59. The zero-order valence-electron chi connectivity index (χ0n) is 25.7. The van der Waals surface area contributed by atoms with Crippen molar-refractivity contribution in [2.24, 2.45) is 0 Å². The Morgan fingerprint density at radius 2 is 1.75 bits per heavy atom. The summed E-state index contributed by atoms with van der Waals surface area (Å²) >= 11 is 0. The van der Waals surface area contributed by atoms with Crippen LogP contribution in [0.25, 0.3) is 11.3 Å². The molecule has 0 aliphatic carbocycles. The van der Waals surface area contributed by atoms with E-state index in [0.29, 0.717) is 32.1 Å². The molecule has 0 N–H and O–H groups in total. The van der Waals surface area contributed by atoms with Gasteiger partial charge in [-0.1, -0.05) is 36.4 Å². The normalized spacial score (nSPS) is 14.2. The first-order chi connectivity index (χ1) is 21.3. The van der Waals surface area contributed by atoms with Gasteiger partial charge in [-0.3, -0.25) is 4.79 Å². The minimum absolute atomic E-state index is 0.191. The van der Waals surface area contributed by atoms with Gasteiger partial charge in [-0.25, -0.2) is 4.98 Å². The standard InChI is InChI=1S/C36H38N2O6/c1-36(2,3)44-34(39)20-25-7-6-10-32-30(25)19-26-8-5-9-29(35(26)43-32)31-21-27(38-15-17-41-18-16-38)22-33(37-31)42-23-24-11-13-28(40-4)14-12-24/h5-14,21-22H,15-20,23H2,1-4H3. The molecule has 6 rings (SSSR count). The largest absolute Gasteiger partial charge is 0.497 e. The van der Waals surface area contributed by atoms with Gasteiger partial charge < -0.3 is 28.6 Å². The van der Waals surface area contributed by atoms with Gasteiger partial charge in [0.15, 0.2) is 0 Å². The highest BCUT2D eigenvalue weighted by Gasteiger charge is 2.26. The van der Waals surface area contributed by atoms with Crippen LogP contribution in [0.1, 0.15) is 43.0 Å². The number of pyridine rings is 1. The van der Waals surface area contributed by atoms with Gasteiger partial charge in [0.2, 0.25) is 5.88 Å². The van der Waals surface area contributed by atoms with Gasteiger partial charge in [0.05, 0.1) is 32.4 Å². The summed E-state index contributed by atoms with van der Waals surface area (Å²) in [7, 11) is 1.65. The second kappa shape index (κ2) is 12.6. The number of anilines is 1. The van der Waals surface area contributed by atoms with Crippen LogP contribution in [0.2, 0.25) is 0 Å². The lowest BCUT2D eigenvalue weighted by atomic mass is 9.92. The van der Waals surface area contributed by atoms with E-state index in [1.54, 1.807) is 7.11 Å². The molecule has 228 valence electrons. The van der Waals surface area contributed by atoms with Gasteiger partial charge in [0.25, 0.3) is 0 Å². The molecule has 0 atom stereocenters. The van der Waals surface area contributed by atoms with Crippen LogP contribution in [0.5, 0.6) is 23.1 Å². The minimum Gasteiger partial charge on any atom is -0.497 e. The van der Waals surface area contributed by atoms with Crippen molar-refractivity contribution in [1.82, 2.24) is 4.98 Å².